The van der Waals surface area contributed by atoms with E-state index < -0.39 is 0 Å². The number of hydrogen-bond donors (Lipinski definition) is 0. The first-order valence-electron chi connectivity index (χ1n) is 1.50. The van der Waals surface area contributed by atoms with Crippen LogP contribution in [-0.2, 0) is 21.7 Å². The van der Waals surface area contributed by atoms with E-state index in [0.717, 1.165) is 0 Å². The van der Waals surface area contributed by atoms with Crippen molar-refractivity contribution in [2.75, 3.05) is 0 Å². The van der Waals surface area contributed by atoms with Crippen molar-refractivity contribution in [1.82, 2.24) is 0 Å². The molecule has 0 unspecified atom stereocenters. The molecule has 0 aliphatic rings. The predicted octanol–water partition coefficient (Wildman–Crippen LogP) is 2.97. The molecule has 1 heteroatoms. The van der Waals surface area contributed by atoms with E-state index in [9.17, 15) is 0 Å². The van der Waals surface area contributed by atoms with Crippen molar-refractivity contribution in [3.05, 3.63) is 28.2 Å². The fourth-order valence-corrected chi connectivity index (χ4v) is 0. The van der Waals surface area contributed by atoms with Crippen molar-refractivity contribution in [3.8, 4) is 0 Å². The van der Waals surface area contributed by atoms with Crippen molar-refractivity contribution >= 4 is 0 Å². The average Bonchev–Trinajstić information content (AvgIpc) is 0.811. The largest absolute Gasteiger partial charge is 4.00 e. The normalized spacial score (nSPS) is 4.50. The monoisotopic (exact) mass is 150 g/mol. The molecule has 0 nitrogen and oxygen atoms in total. The molecule has 0 amide bonds. The summed E-state index contributed by atoms with van der Waals surface area (Å²) in [5, 5.41) is 0. The molecule has 0 rings (SSSR count). The molecule has 0 aromatic carbocycles. The van der Waals surface area contributed by atoms with Gasteiger partial charge in [-0.1, -0.05) is 0 Å². The second kappa shape index (κ2) is 25.2. The predicted molar refractivity (Wildman–Crippen MR) is 39.5 cm³/mol. The minimum absolute atomic E-state index is 0. The van der Waals surface area contributed by atoms with Gasteiger partial charge in [0.2, 0.25) is 0 Å². The molecule has 0 heterocycles. The van der Waals surface area contributed by atoms with Crippen LogP contribution in [0.25, 0.3) is 0 Å². The van der Waals surface area contributed by atoms with Gasteiger partial charge in [-0.25, -0.2) is 0 Å². The Balaban J connectivity index is -0.00000000750. The molecule has 0 bridgehead atoms. The van der Waals surface area contributed by atoms with Crippen molar-refractivity contribution in [2.24, 2.45) is 0 Å². The molecule has 0 aromatic rings. The average molecular weight is 150 g/mol. The molecule has 50 valence electrons. The van der Waals surface area contributed by atoms with Crippen LogP contribution in [0, 0.1) is 28.2 Å². The Bertz CT molecular complexity index is 9.10. The summed E-state index contributed by atoms with van der Waals surface area (Å²) in [6.45, 7) is 6.25. The zero-order valence-electron chi connectivity index (χ0n) is 7.00. The van der Waals surface area contributed by atoms with E-state index in [4.69, 9.17) is 0 Å². The molecule has 0 N–H and O–H groups in total. The summed E-state index contributed by atoms with van der Waals surface area (Å²) in [6.07, 6.45) is 0. The van der Waals surface area contributed by atoms with E-state index in [1.54, 1.807) is 0 Å². The van der Waals surface area contributed by atoms with Crippen molar-refractivity contribution in [1.29, 1.82) is 0 Å². The summed E-state index contributed by atoms with van der Waals surface area (Å²) in [7, 11) is 0. The maximum Gasteiger partial charge on any atom is 4.00 e. The molecule has 8 heavy (non-hydrogen) atoms. The van der Waals surface area contributed by atoms with E-state index in [-0.39, 0.29) is 44.0 Å². The topological polar surface area (TPSA) is 0 Å². The molecule has 0 saturated carbocycles. The molecule has 0 aromatic heterocycles. The first-order chi connectivity index (χ1) is 1.73. The number of rotatable bonds is 0. The van der Waals surface area contributed by atoms with Gasteiger partial charge < -0.3 is 28.2 Å². The molecule has 0 radical (unpaired) electrons. The van der Waals surface area contributed by atoms with E-state index in [2.05, 4.69) is 20.8 Å². The van der Waals surface area contributed by atoms with E-state index >= 15 is 0 Å². The quantitative estimate of drug-likeness (QED) is 0.368. The Labute approximate surface area is 71.0 Å². The molecule has 0 saturated heterocycles. The van der Waals surface area contributed by atoms with Gasteiger partial charge in [0, 0.05) is 0 Å². The third kappa shape index (κ3) is 430. The molecule has 0 spiro atoms. The minimum Gasteiger partial charge on any atom is -0.358 e. The Morgan fingerprint density at radius 2 is 0.750 bits per heavy atom. The second-order valence-corrected chi connectivity index (χ2v) is 1.50. The Kier molecular flexibility index (Phi) is 118. The Morgan fingerprint density at radius 1 is 0.750 bits per heavy atom. The standard InChI is InChI=1S/C4H9.3CH3.Ti/c1-4(2)3;;;;/h1-3H3;3*1H3;/q4*-1;+4. The van der Waals surface area contributed by atoms with Crippen LogP contribution in [0.2, 0.25) is 0 Å². The first-order valence-corrected chi connectivity index (χ1v) is 1.50. The summed E-state index contributed by atoms with van der Waals surface area (Å²) in [5.74, 6) is 1.42. The molecule has 0 atom stereocenters. The third-order valence-corrected chi connectivity index (χ3v) is 0. The molecular formula is C7H18Ti. The van der Waals surface area contributed by atoms with Crippen LogP contribution < -0.4 is 0 Å². The minimum atomic E-state index is 0. The van der Waals surface area contributed by atoms with Gasteiger partial charge in [0.1, 0.15) is 0 Å². The van der Waals surface area contributed by atoms with Crippen molar-refractivity contribution < 1.29 is 21.7 Å². The van der Waals surface area contributed by atoms with Gasteiger partial charge in [-0.3, -0.25) is 0 Å². The fourth-order valence-electron chi connectivity index (χ4n) is 0. The molecule has 0 fully saturated rings. The van der Waals surface area contributed by atoms with Crippen molar-refractivity contribution in [2.45, 2.75) is 20.8 Å². The van der Waals surface area contributed by atoms with Gasteiger partial charge in [0.05, 0.1) is 0 Å². The van der Waals surface area contributed by atoms with Crippen LogP contribution in [-0.4, -0.2) is 0 Å². The summed E-state index contributed by atoms with van der Waals surface area (Å²) >= 11 is 0. The van der Waals surface area contributed by atoms with Gasteiger partial charge >= 0.3 is 21.7 Å². The van der Waals surface area contributed by atoms with Gasteiger partial charge in [-0.2, -0.15) is 20.8 Å². The molecule has 0 aliphatic carbocycles. The van der Waals surface area contributed by atoms with Crippen LogP contribution in [0.4, 0.5) is 0 Å². The zero-order valence-corrected chi connectivity index (χ0v) is 8.56. The Morgan fingerprint density at radius 3 is 0.750 bits per heavy atom. The van der Waals surface area contributed by atoms with Gasteiger partial charge in [-0.05, 0) is 0 Å². The summed E-state index contributed by atoms with van der Waals surface area (Å²) in [4.78, 5) is 0. The van der Waals surface area contributed by atoms with Crippen LogP contribution in [0.15, 0.2) is 0 Å². The zero-order chi connectivity index (χ0) is 3.58. The van der Waals surface area contributed by atoms with Crippen LogP contribution in [0.5, 0.6) is 0 Å². The van der Waals surface area contributed by atoms with E-state index in [1.165, 1.54) is 5.92 Å². The second-order valence-electron chi connectivity index (χ2n) is 1.50. The fraction of sp³-hybridized carbons (Fsp3) is 0.429. The van der Waals surface area contributed by atoms with Crippen molar-refractivity contribution in [3.63, 3.8) is 0 Å². The van der Waals surface area contributed by atoms with Gasteiger partial charge in [0.25, 0.3) is 0 Å². The van der Waals surface area contributed by atoms with Crippen LogP contribution in [0.1, 0.15) is 20.8 Å². The summed E-state index contributed by atoms with van der Waals surface area (Å²) in [6, 6.07) is 0. The Hall–Kier alpha value is 0.714. The van der Waals surface area contributed by atoms with Crippen LogP contribution in [0.3, 0.4) is 0 Å². The maximum atomic E-state index is 2.08. The molecule has 0 aliphatic heterocycles. The third-order valence-electron chi connectivity index (χ3n) is 0. The van der Waals surface area contributed by atoms with Gasteiger partial charge in [0.15, 0.2) is 0 Å². The first kappa shape index (κ1) is 37.6. The molecular weight excluding hydrogens is 132 g/mol. The van der Waals surface area contributed by atoms with E-state index in [1.807, 2.05) is 0 Å². The summed E-state index contributed by atoms with van der Waals surface area (Å²) < 4.78 is 0. The smallest absolute Gasteiger partial charge is 0.358 e. The number of hydrogen-bond acceptors (Lipinski definition) is 0. The maximum absolute atomic E-state index is 2.08. The van der Waals surface area contributed by atoms with E-state index in [0.29, 0.717) is 0 Å². The van der Waals surface area contributed by atoms with Crippen LogP contribution >= 0.6 is 0 Å². The SMILES string of the molecule is C[C-](C)C.[CH3-].[CH3-].[CH3-].[Ti+4]. The van der Waals surface area contributed by atoms with Gasteiger partial charge in [-0.15, -0.1) is 0 Å². The summed E-state index contributed by atoms with van der Waals surface area (Å²) in [5.41, 5.74) is 0.